The van der Waals surface area contributed by atoms with Crippen molar-refractivity contribution in [2.45, 2.75) is 19.4 Å². The van der Waals surface area contributed by atoms with Crippen LogP contribution in [-0.2, 0) is 6.54 Å². The maximum atomic E-state index is 4.11. The molecular weight excluding hydrogens is 228 g/mol. The van der Waals surface area contributed by atoms with Gasteiger partial charge in [-0.15, -0.1) is 0 Å². The van der Waals surface area contributed by atoms with Crippen molar-refractivity contribution in [2.75, 3.05) is 6.54 Å². The molecule has 1 N–H and O–H groups in total. The number of halogens is 1. The molecule has 1 aliphatic rings. The number of hydrogen-bond acceptors (Lipinski definition) is 2. The highest BCUT2D eigenvalue weighted by atomic mass is 79.9. The molecule has 0 saturated heterocycles. The van der Waals surface area contributed by atoms with Crippen molar-refractivity contribution in [1.82, 2.24) is 10.3 Å². The van der Waals surface area contributed by atoms with Crippen LogP contribution in [0.15, 0.2) is 22.9 Å². The molecule has 2 rings (SSSR count). The third-order valence-corrected chi connectivity index (χ3v) is 2.65. The fourth-order valence-corrected chi connectivity index (χ4v) is 1.71. The van der Waals surface area contributed by atoms with Gasteiger partial charge in [0.15, 0.2) is 0 Å². The van der Waals surface area contributed by atoms with E-state index in [9.17, 15) is 0 Å². The summed E-state index contributed by atoms with van der Waals surface area (Å²) in [5.41, 5.74) is 1.25. The minimum absolute atomic E-state index is 0.933. The Balaban J connectivity index is 1.79. The summed E-state index contributed by atoms with van der Waals surface area (Å²) >= 11 is 3.41. The molecule has 0 unspecified atom stereocenters. The number of nitrogens with one attached hydrogen (secondary N) is 1. The second-order valence-corrected chi connectivity index (χ2v) is 4.50. The number of nitrogens with zero attached hydrogens (tertiary/aromatic N) is 1. The summed E-state index contributed by atoms with van der Waals surface area (Å²) in [7, 11) is 0. The van der Waals surface area contributed by atoms with Crippen molar-refractivity contribution in [1.29, 1.82) is 0 Å². The number of rotatable bonds is 4. The third-order valence-electron chi connectivity index (χ3n) is 2.22. The molecule has 1 heterocycles. The number of pyridine rings is 1. The van der Waals surface area contributed by atoms with Crippen LogP contribution in [0.5, 0.6) is 0 Å². The summed E-state index contributed by atoms with van der Waals surface area (Å²) in [6.07, 6.45) is 6.53. The van der Waals surface area contributed by atoms with E-state index in [1.807, 2.05) is 12.4 Å². The van der Waals surface area contributed by atoms with Gasteiger partial charge in [0.2, 0.25) is 0 Å². The molecule has 13 heavy (non-hydrogen) atoms. The van der Waals surface area contributed by atoms with E-state index in [-0.39, 0.29) is 0 Å². The van der Waals surface area contributed by atoms with E-state index in [1.54, 1.807) is 0 Å². The Labute approximate surface area is 86.9 Å². The summed E-state index contributed by atoms with van der Waals surface area (Å²) in [5.74, 6) is 0.945. The van der Waals surface area contributed by atoms with E-state index >= 15 is 0 Å². The zero-order valence-electron chi connectivity index (χ0n) is 7.46. The average Bonchev–Trinajstić information content (AvgIpc) is 2.88. The van der Waals surface area contributed by atoms with Crippen molar-refractivity contribution < 1.29 is 0 Å². The fourth-order valence-electron chi connectivity index (χ4n) is 1.30. The van der Waals surface area contributed by atoms with Crippen LogP contribution >= 0.6 is 15.9 Å². The lowest BCUT2D eigenvalue weighted by Crippen LogP contribution is -2.16. The molecule has 0 aromatic carbocycles. The number of hydrogen-bond donors (Lipinski definition) is 1. The van der Waals surface area contributed by atoms with Crippen LogP contribution in [0.3, 0.4) is 0 Å². The predicted octanol–water partition coefficient (Wildman–Crippen LogP) is 2.34. The quantitative estimate of drug-likeness (QED) is 0.875. The average molecular weight is 241 g/mol. The Morgan fingerprint density at radius 3 is 3.00 bits per heavy atom. The first-order chi connectivity index (χ1) is 6.34. The van der Waals surface area contributed by atoms with E-state index in [0.717, 1.165) is 23.5 Å². The molecule has 0 bridgehead atoms. The molecule has 0 atom stereocenters. The van der Waals surface area contributed by atoms with Gasteiger partial charge in [-0.05, 0) is 52.9 Å². The Bertz CT molecular complexity index is 284. The highest BCUT2D eigenvalue weighted by molar-refractivity contribution is 9.10. The zero-order valence-corrected chi connectivity index (χ0v) is 9.05. The smallest absolute Gasteiger partial charge is 0.0410 e. The molecule has 2 nitrogen and oxygen atoms in total. The first-order valence-corrected chi connectivity index (χ1v) is 5.44. The van der Waals surface area contributed by atoms with Gasteiger partial charge in [0.1, 0.15) is 0 Å². The molecule has 0 spiro atoms. The standard InChI is InChI=1S/C10H13BrN2/c11-10-3-9(6-13-7-10)5-12-4-8-1-2-8/h3,6-8,12H,1-2,4-5H2. The summed E-state index contributed by atoms with van der Waals surface area (Å²) < 4.78 is 1.05. The third kappa shape index (κ3) is 3.08. The van der Waals surface area contributed by atoms with E-state index in [0.29, 0.717) is 0 Å². The minimum Gasteiger partial charge on any atom is -0.312 e. The van der Waals surface area contributed by atoms with Gasteiger partial charge in [0.05, 0.1) is 0 Å². The molecule has 0 radical (unpaired) electrons. The predicted molar refractivity (Wildman–Crippen MR) is 56.4 cm³/mol. The zero-order chi connectivity index (χ0) is 9.10. The van der Waals surface area contributed by atoms with Crippen molar-refractivity contribution >= 4 is 15.9 Å². The summed E-state index contributed by atoms with van der Waals surface area (Å²) in [6.45, 7) is 2.09. The lowest BCUT2D eigenvalue weighted by molar-refractivity contribution is 0.637. The van der Waals surface area contributed by atoms with Crippen LogP contribution in [0.25, 0.3) is 0 Å². The maximum Gasteiger partial charge on any atom is 0.0410 e. The van der Waals surface area contributed by atoms with E-state index in [1.165, 1.54) is 18.4 Å². The Hall–Kier alpha value is -0.410. The van der Waals surface area contributed by atoms with Crippen LogP contribution in [0.2, 0.25) is 0 Å². The highest BCUT2D eigenvalue weighted by Gasteiger charge is 2.19. The van der Waals surface area contributed by atoms with E-state index in [2.05, 4.69) is 32.3 Å². The normalized spacial score (nSPS) is 16.1. The number of aromatic nitrogens is 1. The minimum atomic E-state index is 0.933. The first kappa shape index (κ1) is 9.16. The maximum absolute atomic E-state index is 4.11. The highest BCUT2D eigenvalue weighted by Crippen LogP contribution is 2.27. The Morgan fingerprint density at radius 1 is 1.46 bits per heavy atom. The van der Waals surface area contributed by atoms with Crippen LogP contribution < -0.4 is 5.32 Å². The Morgan fingerprint density at radius 2 is 2.31 bits per heavy atom. The van der Waals surface area contributed by atoms with Crippen LogP contribution in [0, 0.1) is 5.92 Å². The van der Waals surface area contributed by atoms with Gasteiger partial charge in [-0.25, -0.2) is 0 Å². The summed E-state index contributed by atoms with van der Waals surface area (Å²) in [5, 5.41) is 3.43. The van der Waals surface area contributed by atoms with Gasteiger partial charge in [0.25, 0.3) is 0 Å². The van der Waals surface area contributed by atoms with Gasteiger partial charge in [-0.2, -0.15) is 0 Å². The Kier molecular flexibility index (Phi) is 2.96. The summed E-state index contributed by atoms with van der Waals surface area (Å²) in [4.78, 5) is 4.11. The molecule has 1 fully saturated rings. The fraction of sp³-hybridized carbons (Fsp3) is 0.500. The second kappa shape index (κ2) is 4.20. The molecule has 1 aliphatic carbocycles. The summed E-state index contributed by atoms with van der Waals surface area (Å²) in [6, 6.07) is 2.10. The monoisotopic (exact) mass is 240 g/mol. The van der Waals surface area contributed by atoms with Crippen LogP contribution in [0.1, 0.15) is 18.4 Å². The van der Waals surface area contributed by atoms with Gasteiger partial charge in [-0.1, -0.05) is 0 Å². The lowest BCUT2D eigenvalue weighted by atomic mass is 10.3. The van der Waals surface area contributed by atoms with E-state index < -0.39 is 0 Å². The van der Waals surface area contributed by atoms with Crippen molar-refractivity contribution in [2.24, 2.45) is 5.92 Å². The molecule has 0 amide bonds. The molecule has 70 valence electrons. The second-order valence-electron chi connectivity index (χ2n) is 3.59. The molecule has 0 aliphatic heterocycles. The van der Waals surface area contributed by atoms with Crippen molar-refractivity contribution in [3.63, 3.8) is 0 Å². The topological polar surface area (TPSA) is 24.9 Å². The molecule has 1 saturated carbocycles. The lowest BCUT2D eigenvalue weighted by Gasteiger charge is -2.03. The van der Waals surface area contributed by atoms with E-state index in [4.69, 9.17) is 0 Å². The molecule has 1 aromatic heterocycles. The van der Waals surface area contributed by atoms with Crippen molar-refractivity contribution in [3.8, 4) is 0 Å². The molecule has 3 heteroatoms. The van der Waals surface area contributed by atoms with Gasteiger partial charge in [0, 0.05) is 23.4 Å². The van der Waals surface area contributed by atoms with Gasteiger partial charge >= 0.3 is 0 Å². The largest absolute Gasteiger partial charge is 0.312 e. The van der Waals surface area contributed by atoms with Crippen molar-refractivity contribution in [3.05, 3.63) is 28.5 Å². The van der Waals surface area contributed by atoms with Gasteiger partial charge < -0.3 is 5.32 Å². The van der Waals surface area contributed by atoms with Gasteiger partial charge in [-0.3, -0.25) is 4.98 Å². The molecule has 1 aromatic rings. The SMILES string of the molecule is Brc1cncc(CNCC2CC2)c1. The van der Waals surface area contributed by atoms with Crippen LogP contribution in [0.4, 0.5) is 0 Å². The first-order valence-electron chi connectivity index (χ1n) is 4.65. The molecular formula is C10H13BrN2. The van der Waals surface area contributed by atoms with Crippen LogP contribution in [-0.4, -0.2) is 11.5 Å².